The van der Waals surface area contributed by atoms with Crippen molar-refractivity contribution in [3.63, 3.8) is 0 Å². The molecule has 0 bridgehead atoms. The van der Waals surface area contributed by atoms with Crippen LogP contribution in [0.3, 0.4) is 0 Å². The topological polar surface area (TPSA) is 22.1 Å². The van der Waals surface area contributed by atoms with Gasteiger partial charge in [0.25, 0.3) is 0 Å². The zero-order chi connectivity index (χ0) is 22.6. The van der Waals surface area contributed by atoms with E-state index < -0.39 is 0 Å². The van der Waals surface area contributed by atoms with E-state index in [2.05, 4.69) is 87.6 Å². The fourth-order valence-electron chi connectivity index (χ4n) is 4.02. The number of unbranched alkanes of at least 4 members (excludes halogenated alkanes) is 5. The average molecular weight is 430 g/mol. The number of nitrogens with zero attached hydrogens (tertiary/aromatic N) is 1. The van der Waals surface area contributed by atoms with Crippen molar-refractivity contribution in [3.8, 4) is 16.9 Å². The van der Waals surface area contributed by atoms with Gasteiger partial charge in [-0.05, 0) is 59.7 Å². The smallest absolute Gasteiger partial charge is 0.119 e. The van der Waals surface area contributed by atoms with Gasteiger partial charge in [-0.15, -0.1) is 0 Å². The van der Waals surface area contributed by atoms with Crippen LogP contribution in [-0.4, -0.2) is 11.6 Å². The molecule has 0 aliphatic rings. The predicted molar refractivity (Wildman–Crippen MR) is 136 cm³/mol. The minimum atomic E-state index is 0.338. The van der Waals surface area contributed by atoms with Gasteiger partial charge in [0.05, 0.1) is 6.61 Å². The maximum Gasteiger partial charge on any atom is 0.119 e. The van der Waals surface area contributed by atoms with E-state index in [4.69, 9.17) is 9.72 Å². The molecule has 2 aromatic carbocycles. The highest BCUT2D eigenvalue weighted by molar-refractivity contribution is 5.64. The second kappa shape index (κ2) is 13.1. The molecule has 0 amide bonds. The maximum absolute atomic E-state index is 5.83. The SMILES string of the molecule is CCCCCCc1ccc(C(C)c2ccc(-c3ccc(OCCCCC)cc3)cc2)cn1. The first-order chi connectivity index (χ1) is 15.7. The molecule has 0 aliphatic heterocycles. The fourth-order valence-corrected chi connectivity index (χ4v) is 4.02. The summed E-state index contributed by atoms with van der Waals surface area (Å²) < 4.78 is 5.83. The van der Waals surface area contributed by atoms with Crippen LogP contribution in [0.15, 0.2) is 66.9 Å². The lowest BCUT2D eigenvalue weighted by atomic mass is 9.92. The number of aryl methyl sites for hydroxylation is 1. The van der Waals surface area contributed by atoms with Crippen molar-refractivity contribution in [2.45, 2.75) is 78.1 Å². The van der Waals surface area contributed by atoms with Gasteiger partial charge in [-0.1, -0.05) is 95.3 Å². The summed E-state index contributed by atoms with van der Waals surface area (Å²) in [4.78, 5) is 4.72. The monoisotopic (exact) mass is 429 g/mol. The molecule has 0 saturated carbocycles. The second-order valence-corrected chi connectivity index (χ2v) is 8.82. The number of hydrogen-bond donors (Lipinski definition) is 0. The summed E-state index contributed by atoms with van der Waals surface area (Å²) in [5, 5.41) is 0. The van der Waals surface area contributed by atoms with Gasteiger partial charge < -0.3 is 4.74 Å². The summed E-state index contributed by atoms with van der Waals surface area (Å²) in [6.07, 6.45) is 11.9. The number of ether oxygens (including phenoxy) is 1. The van der Waals surface area contributed by atoms with Crippen molar-refractivity contribution >= 4 is 0 Å². The fraction of sp³-hybridized carbons (Fsp3) is 0.433. The van der Waals surface area contributed by atoms with Crippen molar-refractivity contribution in [2.75, 3.05) is 6.61 Å². The molecule has 1 heterocycles. The Balaban J connectivity index is 1.56. The van der Waals surface area contributed by atoms with Crippen molar-refractivity contribution in [2.24, 2.45) is 0 Å². The van der Waals surface area contributed by atoms with Crippen LogP contribution in [0.2, 0.25) is 0 Å². The van der Waals surface area contributed by atoms with E-state index in [-0.39, 0.29) is 0 Å². The molecule has 1 atom stereocenters. The Bertz CT molecular complexity index is 897. The lowest BCUT2D eigenvalue weighted by Crippen LogP contribution is -1.99. The van der Waals surface area contributed by atoms with Gasteiger partial charge in [0.2, 0.25) is 0 Å². The molecule has 0 fully saturated rings. The van der Waals surface area contributed by atoms with E-state index in [0.717, 1.165) is 25.2 Å². The second-order valence-electron chi connectivity index (χ2n) is 8.82. The molecule has 170 valence electrons. The summed E-state index contributed by atoms with van der Waals surface area (Å²) in [5.74, 6) is 1.29. The molecule has 0 spiro atoms. The van der Waals surface area contributed by atoms with Gasteiger partial charge in [0.1, 0.15) is 5.75 Å². The minimum absolute atomic E-state index is 0.338. The van der Waals surface area contributed by atoms with Crippen molar-refractivity contribution in [1.82, 2.24) is 4.98 Å². The molecule has 3 aromatic rings. The zero-order valence-corrected chi connectivity index (χ0v) is 20.1. The normalized spacial score (nSPS) is 12.0. The van der Waals surface area contributed by atoms with E-state index in [1.165, 1.54) is 66.5 Å². The Morgan fingerprint density at radius 2 is 1.31 bits per heavy atom. The molecular weight excluding hydrogens is 390 g/mol. The highest BCUT2D eigenvalue weighted by atomic mass is 16.5. The van der Waals surface area contributed by atoms with Crippen LogP contribution in [-0.2, 0) is 6.42 Å². The van der Waals surface area contributed by atoms with Crippen molar-refractivity contribution in [1.29, 1.82) is 0 Å². The van der Waals surface area contributed by atoms with Gasteiger partial charge in [-0.25, -0.2) is 0 Å². The van der Waals surface area contributed by atoms with E-state index >= 15 is 0 Å². The Hall–Kier alpha value is -2.61. The summed E-state index contributed by atoms with van der Waals surface area (Å²) >= 11 is 0. The molecule has 32 heavy (non-hydrogen) atoms. The van der Waals surface area contributed by atoms with Gasteiger partial charge in [0, 0.05) is 17.8 Å². The Morgan fingerprint density at radius 3 is 1.94 bits per heavy atom. The van der Waals surface area contributed by atoms with Gasteiger partial charge >= 0.3 is 0 Å². The first-order valence-electron chi connectivity index (χ1n) is 12.5. The first kappa shape index (κ1) is 24.0. The van der Waals surface area contributed by atoms with Crippen LogP contribution in [0.1, 0.15) is 88.5 Å². The number of pyridine rings is 1. The Kier molecular flexibility index (Phi) is 9.81. The summed E-state index contributed by atoms with van der Waals surface area (Å²) in [5.41, 5.74) is 6.27. The largest absolute Gasteiger partial charge is 0.494 e. The van der Waals surface area contributed by atoms with Gasteiger partial charge in [-0.2, -0.15) is 0 Å². The number of benzene rings is 2. The molecule has 1 aromatic heterocycles. The first-order valence-corrected chi connectivity index (χ1v) is 12.5. The number of aromatic nitrogens is 1. The lowest BCUT2D eigenvalue weighted by Gasteiger charge is -2.14. The van der Waals surface area contributed by atoms with E-state index in [1.807, 2.05) is 0 Å². The molecule has 3 rings (SSSR count). The maximum atomic E-state index is 5.83. The Morgan fingerprint density at radius 1 is 0.688 bits per heavy atom. The number of rotatable bonds is 13. The quantitative estimate of drug-likeness (QED) is 0.254. The lowest BCUT2D eigenvalue weighted by molar-refractivity contribution is 0.306. The standard InChI is InChI=1S/C30H39NO/c1-4-6-8-9-11-29-19-16-28(23-31-29)24(3)25-12-14-26(15-13-25)27-17-20-30(21-18-27)32-22-10-7-5-2/h12-21,23-24H,4-11,22H2,1-3H3. The van der Waals surface area contributed by atoms with Crippen molar-refractivity contribution in [3.05, 3.63) is 83.7 Å². The predicted octanol–water partition coefficient (Wildman–Crippen LogP) is 8.59. The van der Waals surface area contributed by atoms with E-state index in [1.54, 1.807) is 0 Å². The third kappa shape index (κ3) is 7.22. The van der Waals surface area contributed by atoms with Crippen LogP contribution in [0.5, 0.6) is 5.75 Å². The summed E-state index contributed by atoms with van der Waals surface area (Å²) in [6, 6.07) is 21.8. The molecule has 2 nitrogen and oxygen atoms in total. The third-order valence-corrected chi connectivity index (χ3v) is 6.25. The molecular formula is C30H39NO. The van der Waals surface area contributed by atoms with E-state index in [0.29, 0.717) is 5.92 Å². The van der Waals surface area contributed by atoms with Gasteiger partial charge in [-0.3, -0.25) is 4.98 Å². The Labute approximate surface area is 195 Å². The van der Waals surface area contributed by atoms with Gasteiger partial charge in [0.15, 0.2) is 0 Å². The highest BCUT2D eigenvalue weighted by Crippen LogP contribution is 2.28. The molecule has 0 saturated heterocycles. The zero-order valence-electron chi connectivity index (χ0n) is 20.1. The van der Waals surface area contributed by atoms with Crippen LogP contribution >= 0.6 is 0 Å². The highest BCUT2D eigenvalue weighted by Gasteiger charge is 2.10. The van der Waals surface area contributed by atoms with Crippen LogP contribution in [0.4, 0.5) is 0 Å². The average Bonchev–Trinajstić information content (AvgIpc) is 2.85. The molecule has 1 unspecified atom stereocenters. The number of hydrogen-bond acceptors (Lipinski definition) is 2. The molecule has 2 heteroatoms. The third-order valence-electron chi connectivity index (χ3n) is 6.25. The molecule has 0 N–H and O–H groups in total. The van der Waals surface area contributed by atoms with Crippen LogP contribution < -0.4 is 4.74 Å². The molecule has 0 radical (unpaired) electrons. The summed E-state index contributed by atoms with van der Waals surface area (Å²) in [6.45, 7) is 7.53. The minimum Gasteiger partial charge on any atom is -0.494 e. The van der Waals surface area contributed by atoms with Crippen LogP contribution in [0, 0.1) is 0 Å². The molecule has 0 aliphatic carbocycles. The summed E-state index contributed by atoms with van der Waals surface area (Å²) in [7, 11) is 0. The van der Waals surface area contributed by atoms with Crippen LogP contribution in [0.25, 0.3) is 11.1 Å². The van der Waals surface area contributed by atoms with Crippen molar-refractivity contribution < 1.29 is 4.74 Å². The van der Waals surface area contributed by atoms with E-state index in [9.17, 15) is 0 Å².